The predicted molar refractivity (Wildman–Crippen MR) is 149 cm³/mol. The van der Waals surface area contributed by atoms with Gasteiger partial charge in [-0.15, -0.1) is 11.8 Å². The Labute approximate surface area is 225 Å². The van der Waals surface area contributed by atoms with Gasteiger partial charge in [-0.3, -0.25) is 9.59 Å². The van der Waals surface area contributed by atoms with Crippen LogP contribution in [0.5, 0.6) is 0 Å². The van der Waals surface area contributed by atoms with Gasteiger partial charge in [0.15, 0.2) is 0 Å². The van der Waals surface area contributed by atoms with Crippen molar-refractivity contribution in [1.82, 2.24) is 10.2 Å². The third kappa shape index (κ3) is 9.02. The fraction of sp³-hybridized carbons (Fsp3) is 0.286. The van der Waals surface area contributed by atoms with Gasteiger partial charge in [-0.2, -0.15) is 0 Å². The average molecular weight is 574 g/mol. The molecule has 3 rings (SSSR count). The molecule has 0 saturated heterocycles. The lowest BCUT2D eigenvalue weighted by Crippen LogP contribution is -2.51. The van der Waals surface area contributed by atoms with E-state index < -0.39 is 6.04 Å². The second-order valence-electron chi connectivity index (χ2n) is 8.24. The van der Waals surface area contributed by atoms with Gasteiger partial charge in [-0.1, -0.05) is 83.3 Å². The minimum absolute atomic E-state index is 0.0839. The Hall–Kier alpha value is -2.28. The van der Waals surface area contributed by atoms with E-state index in [1.165, 1.54) is 11.8 Å². The first kappa shape index (κ1) is 27.3. The molecule has 0 aliphatic rings. The molecule has 1 unspecified atom stereocenters. The minimum atomic E-state index is -0.615. The highest BCUT2D eigenvalue weighted by Crippen LogP contribution is 2.23. The Morgan fingerprint density at radius 2 is 1.66 bits per heavy atom. The van der Waals surface area contributed by atoms with Gasteiger partial charge in [0.1, 0.15) is 6.04 Å². The number of benzene rings is 3. The molecule has 0 aliphatic carbocycles. The molecule has 4 nitrogen and oxygen atoms in total. The Kier molecular flexibility index (Phi) is 11.2. The lowest BCUT2D eigenvalue weighted by atomic mass is 10.0. The lowest BCUT2D eigenvalue weighted by molar-refractivity contribution is -0.139. The van der Waals surface area contributed by atoms with E-state index in [9.17, 15) is 9.59 Å². The van der Waals surface area contributed by atoms with Crippen molar-refractivity contribution in [2.24, 2.45) is 0 Å². The number of carbonyl (C=O) groups is 2. The van der Waals surface area contributed by atoms with Crippen molar-refractivity contribution < 1.29 is 9.59 Å². The van der Waals surface area contributed by atoms with Crippen LogP contribution in [0.15, 0.2) is 88.2 Å². The molecule has 3 aromatic rings. The van der Waals surface area contributed by atoms with Crippen molar-refractivity contribution in [3.05, 3.63) is 99.5 Å². The molecule has 1 N–H and O–H groups in total. The number of thioether (sulfide) groups is 1. The second-order valence-corrected chi connectivity index (χ2v) is 10.6. The third-order valence-electron chi connectivity index (χ3n) is 5.54. The number of amides is 2. The van der Waals surface area contributed by atoms with Crippen molar-refractivity contribution in [3.63, 3.8) is 0 Å². The van der Waals surface area contributed by atoms with Crippen LogP contribution >= 0.6 is 39.3 Å². The summed E-state index contributed by atoms with van der Waals surface area (Å²) in [6.45, 7) is 3.04. The highest BCUT2D eigenvalue weighted by atomic mass is 79.9. The van der Waals surface area contributed by atoms with E-state index in [0.717, 1.165) is 33.3 Å². The van der Waals surface area contributed by atoms with E-state index in [1.807, 2.05) is 78.9 Å². The molecule has 0 fully saturated rings. The summed E-state index contributed by atoms with van der Waals surface area (Å²) >= 11 is 10.9. The zero-order valence-corrected chi connectivity index (χ0v) is 22.9. The first-order valence-corrected chi connectivity index (χ1v) is 13.9. The summed E-state index contributed by atoms with van der Waals surface area (Å²) in [5.41, 5.74) is 1.99. The number of halogens is 2. The van der Waals surface area contributed by atoms with E-state index in [1.54, 1.807) is 4.90 Å². The standard InChI is InChI=1S/C28H30BrClN2O2S/c1-2-3-17-31-28(34)26(18-21-7-5-4-6-8-21)32(19-22-9-11-23(29)12-10-22)27(33)20-35-25-15-13-24(30)14-16-25/h4-16,26H,2-3,17-20H2,1H3,(H,31,34). The monoisotopic (exact) mass is 572 g/mol. The molecular weight excluding hydrogens is 544 g/mol. The second kappa shape index (κ2) is 14.3. The number of carbonyl (C=O) groups excluding carboxylic acids is 2. The first-order valence-electron chi connectivity index (χ1n) is 11.7. The molecule has 2 amide bonds. The molecule has 0 bridgehead atoms. The maximum atomic E-state index is 13.6. The Balaban J connectivity index is 1.86. The van der Waals surface area contributed by atoms with Crippen molar-refractivity contribution in [3.8, 4) is 0 Å². The van der Waals surface area contributed by atoms with E-state index in [-0.39, 0.29) is 17.6 Å². The molecule has 0 saturated carbocycles. The Morgan fingerprint density at radius 3 is 2.31 bits per heavy atom. The van der Waals surface area contributed by atoms with Gasteiger partial charge >= 0.3 is 0 Å². The van der Waals surface area contributed by atoms with E-state index in [4.69, 9.17) is 11.6 Å². The van der Waals surface area contributed by atoms with Gasteiger partial charge in [0, 0.05) is 33.9 Å². The molecular formula is C28H30BrClN2O2S. The van der Waals surface area contributed by atoms with E-state index in [2.05, 4.69) is 28.2 Å². The molecule has 0 radical (unpaired) electrons. The van der Waals surface area contributed by atoms with Crippen LogP contribution in [0.1, 0.15) is 30.9 Å². The van der Waals surface area contributed by atoms with Crippen LogP contribution in [0.4, 0.5) is 0 Å². The van der Waals surface area contributed by atoms with Crippen LogP contribution < -0.4 is 5.32 Å². The van der Waals surface area contributed by atoms with Crippen LogP contribution in [0.3, 0.4) is 0 Å². The average Bonchev–Trinajstić information content (AvgIpc) is 2.87. The van der Waals surface area contributed by atoms with Gasteiger partial charge in [0.25, 0.3) is 0 Å². The Morgan fingerprint density at radius 1 is 0.971 bits per heavy atom. The predicted octanol–water partition coefficient (Wildman–Crippen LogP) is 6.75. The van der Waals surface area contributed by atoms with Crippen LogP contribution in [0.25, 0.3) is 0 Å². The maximum absolute atomic E-state index is 13.6. The third-order valence-corrected chi connectivity index (χ3v) is 7.32. The minimum Gasteiger partial charge on any atom is -0.354 e. The zero-order chi connectivity index (χ0) is 25.0. The number of nitrogens with zero attached hydrogens (tertiary/aromatic N) is 1. The van der Waals surface area contributed by atoms with Crippen molar-refractivity contribution in [2.45, 2.75) is 43.7 Å². The summed E-state index contributed by atoms with van der Waals surface area (Å²) in [5, 5.41) is 3.71. The van der Waals surface area contributed by atoms with Crippen LogP contribution in [0.2, 0.25) is 5.02 Å². The summed E-state index contributed by atoms with van der Waals surface area (Å²) in [5.74, 6) is 0.0230. The van der Waals surface area contributed by atoms with Gasteiger partial charge in [0.2, 0.25) is 11.8 Å². The Bertz CT molecular complexity index is 1080. The summed E-state index contributed by atoms with van der Waals surface area (Å²) in [6, 6.07) is 24.5. The summed E-state index contributed by atoms with van der Waals surface area (Å²) in [7, 11) is 0. The lowest BCUT2D eigenvalue weighted by Gasteiger charge is -2.31. The van der Waals surface area contributed by atoms with E-state index in [0.29, 0.717) is 24.5 Å². The highest BCUT2D eigenvalue weighted by molar-refractivity contribution is 9.10. The summed E-state index contributed by atoms with van der Waals surface area (Å²) in [6.07, 6.45) is 2.34. The van der Waals surface area contributed by atoms with Crippen LogP contribution in [-0.2, 0) is 22.6 Å². The molecule has 0 heterocycles. The van der Waals surface area contributed by atoms with Crippen molar-refractivity contribution in [1.29, 1.82) is 0 Å². The van der Waals surface area contributed by atoms with Crippen molar-refractivity contribution >= 4 is 51.1 Å². The SMILES string of the molecule is CCCCNC(=O)C(Cc1ccccc1)N(Cc1ccc(Br)cc1)C(=O)CSc1ccc(Cl)cc1. The molecule has 7 heteroatoms. The highest BCUT2D eigenvalue weighted by Gasteiger charge is 2.30. The largest absolute Gasteiger partial charge is 0.354 e. The molecule has 0 aliphatic heterocycles. The summed E-state index contributed by atoms with van der Waals surface area (Å²) < 4.78 is 0.968. The van der Waals surface area contributed by atoms with Gasteiger partial charge < -0.3 is 10.2 Å². The topological polar surface area (TPSA) is 49.4 Å². The van der Waals surface area contributed by atoms with E-state index >= 15 is 0 Å². The summed E-state index contributed by atoms with van der Waals surface area (Å²) in [4.78, 5) is 29.7. The fourth-order valence-electron chi connectivity index (χ4n) is 3.61. The van der Waals surface area contributed by atoms with Crippen molar-refractivity contribution in [2.75, 3.05) is 12.3 Å². The molecule has 3 aromatic carbocycles. The zero-order valence-electron chi connectivity index (χ0n) is 19.8. The van der Waals surface area contributed by atoms with Gasteiger partial charge in [-0.25, -0.2) is 0 Å². The fourth-order valence-corrected chi connectivity index (χ4v) is 4.78. The van der Waals surface area contributed by atoms with Gasteiger partial charge in [-0.05, 0) is 53.9 Å². The molecule has 0 spiro atoms. The molecule has 0 aromatic heterocycles. The number of rotatable bonds is 12. The van der Waals surface area contributed by atoms with Crippen LogP contribution in [0, 0.1) is 0 Å². The number of hydrogen-bond donors (Lipinski definition) is 1. The normalized spacial score (nSPS) is 11.6. The molecule has 184 valence electrons. The number of unbranched alkanes of at least 4 members (excludes halogenated alkanes) is 1. The molecule has 35 heavy (non-hydrogen) atoms. The first-order chi connectivity index (χ1) is 17.0. The number of nitrogens with one attached hydrogen (secondary N) is 1. The molecule has 1 atom stereocenters. The van der Waals surface area contributed by atoms with Crippen LogP contribution in [-0.4, -0.2) is 35.1 Å². The maximum Gasteiger partial charge on any atom is 0.243 e. The number of hydrogen-bond acceptors (Lipinski definition) is 3. The quantitative estimate of drug-likeness (QED) is 0.193. The smallest absolute Gasteiger partial charge is 0.243 e. The van der Waals surface area contributed by atoms with Gasteiger partial charge in [0.05, 0.1) is 5.75 Å².